The van der Waals surface area contributed by atoms with E-state index in [1.165, 1.54) is 24.3 Å². The maximum atomic E-state index is 13.9. The highest BCUT2D eigenvalue weighted by atomic mass is 35.5. The first-order valence-electron chi connectivity index (χ1n) is 6.53. The SMILES string of the molecule is CCNC(Cc1cc(F)ccc1Cl)c1ccccc1F. The van der Waals surface area contributed by atoms with E-state index in [1.807, 2.05) is 6.92 Å². The zero-order valence-corrected chi connectivity index (χ0v) is 11.9. The molecule has 0 aliphatic rings. The average molecular weight is 296 g/mol. The summed E-state index contributed by atoms with van der Waals surface area (Å²) in [4.78, 5) is 0. The lowest BCUT2D eigenvalue weighted by Crippen LogP contribution is -2.24. The van der Waals surface area contributed by atoms with Gasteiger partial charge in [-0.05, 0) is 42.8 Å². The minimum absolute atomic E-state index is 0.236. The van der Waals surface area contributed by atoms with E-state index in [0.29, 0.717) is 29.1 Å². The Morgan fingerprint density at radius 3 is 2.60 bits per heavy atom. The summed E-state index contributed by atoms with van der Waals surface area (Å²) in [6, 6.07) is 10.6. The van der Waals surface area contributed by atoms with E-state index in [1.54, 1.807) is 18.2 Å². The summed E-state index contributed by atoms with van der Waals surface area (Å²) in [6.07, 6.45) is 0.436. The van der Waals surface area contributed by atoms with Crippen molar-refractivity contribution in [3.05, 3.63) is 70.2 Å². The quantitative estimate of drug-likeness (QED) is 0.855. The van der Waals surface area contributed by atoms with E-state index in [2.05, 4.69) is 5.32 Å². The third-order valence-corrected chi connectivity index (χ3v) is 3.53. The van der Waals surface area contributed by atoms with E-state index in [0.717, 1.165) is 0 Å². The van der Waals surface area contributed by atoms with Gasteiger partial charge in [0, 0.05) is 16.6 Å². The molecule has 0 radical (unpaired) electrons. The van der Waals surface area contributed by atoms with Crippen molar-refractivity contribution in [3.8, 4) is 0 Å². The topological polar surface area (TPSA) is 12.0 Å². The van der Waals surface area contributed by atoms with Crippen LogP contribution in [0.5, 0.6) is 0 Å². The second-order valence-electron chi connectivity index (χ2n) is 4.57. The van der Waals surface area contributed by atoms with Crippen molar-refractivity contribution in [1.82, 2.24) is 5.32 Å². The van der Waals surface area contributed by atoms with E-state index in [9.17, 15) is 8.78 Å². The van der Waals surface area contributed by atoms with Crippen LogP contribution in [-0.4, -0.2) is 6.54 Å². The summed E-state index contributed by atoms with van der Waals surface area (Å²) >= 11 is 6.08. The van der Waals surface area contributed by atoms with Gasteiger partial charge in [-0.3, -0.25) is 0 Å². The van der Waals surface area contributed by atoms with Gasteiger partial charge in [0.25, 0.3) is 0 Å². The second kappa shape index (κ2) is 6.82. The number of likely N-dealkylation sites (N-methyl/N-ethyl adjacent to an activating group) is 1. The number of hydrogen-bond acceptors (Lipinski definition) is 1. The van der Waals surface area contributed by atoms with Gasteiger partial charge in [-0.25, -0.2) is 8.78 Å². The zero-order valence-electron chi connectivity index (χ0n) is 11.2. The molecular formula is C16H16ClF2N. The molecule has 0 amide bonds. The summed E-state index contributed by atoms with van der Waals surface area (Å²) in [5, 5.41) is 3.71. The molecule has 0 aromatic heterocycles. The second-order valence-corrected chi connectivity index (χ2v) is 4.98. The van der Waals surface area contributed by atoms with Crippen LogP contribution < -0.4 is 5.32 Å². The van der Waals surface area contributed by atoms with Crippen molar-refractivity contribution in [2.24, 2.45) is 0 Å². The van der Waals surface area contributed by atoms with Crippen LogP contribution in [0.1, 0.15) is 24.1 Å². The fourth-order valence-electron chi connectivity index (χ4n) is 2.22. The predicted octanol–water partition coefficient (Wildman–Crippen LogP) is 4.51. The monoisotopic (exact) mass is 295 g/mol. The van der Waals surface area contributed by atoms with Gasteiger partial charge in [0.15, 0.2) is 0 Å². The lowest BCUT2D eigenvalue weighted by molar-refractivity contribution is 0.509. The van der Waals surface area contributed by atoms with Gasteiger partial charge >= 0.3 is 0 Å². The molecule has 0 fully saturated rings. The van der Waals surface area contributed by atoms with E-state index in [-0.39, 0.29) is 17.7 Å². The van der Waals surface area contributed by atoms with Gasteiger partial charge in [0.05, 0.1) is 0 Å². The molecule has 0 saturated heterocycles. The molecule has 2 aromatic rings. The van der Waals surface area contributed by atoms with Crippen LogP contribution >= 0.6 is 11.6 Å². The van der Waals surface area contributed by atoms with Crippen LogP contribution in [0.15, 0.2) is 42.5 Å². The lowest BCUT2D eigenvalue weighted by Gasteiger charge is -2.19. The van der Waals surface area contributed by atoms with Gasteiger partial charge < -0.3 is 5.32 Å². The maximum absolute atomic E-state index is 13.9. The van der Waals surface area contributed by atoms with Crippen molar-refractivity contribution in [2.45, 2.75) is 19.4 Å². The van der Waals surface area contributed by atoms with E-state index >= 15 is 0 Å². The largest absolute Gasteiger partial charge is 0.310 e. The molecule has 1 atom stereocenters. The summed E-state index contributed by atoms with van der Waals surface area (Å²) < 4.78 is 27.2. The molecule has 2 rings (SSSR count). The third kappa shape index (κ3) is 3.56. The predicted molar refractivity (Wildman–Crippen MR) is 77.9 cm³/mol. The first-order chi connectivity index (χ1) is 9.61. The highest BCUT2D eigenvalue weighted by molar-refractivity contribution is 6.31. The Labute approximate surface area is 122 Å². The molecule has 1 N–H and O–H groups in total. The molecule has 0 heterocycles. The third-order valence-electron chi connectivity index (χ3n) is 3.16. The summed E-state index contributed by atoms with van der Waals surface area (Å²) in [7, 11) is 0. The zero-order chi connectivity index (χ0) is 14.5. The lowest BCUT2D eigenvalue weighted by atomic mass is 9.98. The Morgan fingerprint density at radius 1 is 1.15 bits per heavy atom. The van der Waals surface area contributed by atoms with Gasteiger partial charge in [-0.2, -0.15) is 0 Å². The molecule has 0 spiro atoms. The maximum Gasteiger partial charge on any atom is 0.127 e. The molecule has 0 saturated carbocycles. The molecule has 20 heavy (non-hydrogen) atoms. The van der Waals surface area contributed by atoms with Crippen LogP contribution in [0.25, 0.3) is 0 Å². The molecule has 106 valence electrons. The standard InChI is InChI=1S/C16H16ClF2N/c1-2-20-16(13-5-3-4-6-15(13)19)10-11-9-12(18)7-8-14(11)17/h3-9,16,20H,2,10H2,1H3. The van der Waals surface area contributed by atoms with Crippen molar-refractivity contribution in [3.63, 3.8) is 0 Å². The smallest absolute Gasteiger partial charge is 0.127 e. The van der Waals surface area contributed by atoms with Gasteiger partial charge in [-0.1, -0.05) is 36.7 Å². The molecule has 2 aromatic carbocycles. The summed E-state index contributed by atoms with van der Waals surface area (Å²) in [6.45, 7) is 2.63. The number of nitrogens with one attached hydrogen (secondary N) is 1. The average Bonchev–Trinajstić information content (AvgIpc) is 2.43. The highest BCUT2D eigenvalue weighted by Crippen LogP contribution is 2.25. The van der Waals surface area contributed by atoms with Gasteiger partial charge in [0.1, 0.15) is 11.6 Å². The number of rotatable bonds is 5. The van der Waals surface area contributed by atoms with Gasteiger partial charge in [-0.15, -0.1) is 0 Å². The molecular weight excluding hydrogens is 280 g/mol. The number of halogens is 3. The minimum Gasteiger partial charge on any atom is -0.310 e. The molecule has 1 unspecified atom stereocenters. The Hall–Kier alpha value is -1.45. The van der Waals surface area contributed by atoms with Crippen molar-refractivity contribution >= 4 is 11.6 Å². The van der Waals surface area contributed by atoms with Crippen molar-refractivity contribution < 1.29 is 8.78 Å². The minimum atomic E-state index is -0.340. The molecule has 0 bridgehead atoms. The molecule has 0 aliphatic heterocycles. The van der Waals surface area contributed by atoms with Gasteiger partial charge in [0.2, 0.25) is 0 Å². The Kier molecular flexibility index (Phi) is 5.10. The number of hydrogen-bond donors (Lipinski definition) is 1. The Balaban J connectivity index is 2.30. The number of benzene rings is 2. The van der Waals surface area contributed by atoms with Crippen LogP contribution in [0, 0.1) is 11.6 Å². The van der Waals surface area contributed by atoms with Crippen molar-refractivity contribution in [1.29, 1.82) is 0 Å². The first-order valence-corrected chi connectivity index (χ1v) is 6.91. The molecule has 1 nitrogen and oxygen atoms in total. The Morgan fingerprint density at radius 2 is 1.90 bits per heavy atom. The fourth-order valence-corrected chi connectivity index (χ4v) is 2.41. The van der Waals surface area contributed by atoms with Crippen LogP contribution in [0.4, 0.5) is 8.78 Å². The summed E-state index contributed by atoms with van der Waals surface area (Å²) in [5.74, 6) is -0.612. The fraction of sp³-hybridized carbons (Fsp3) is 0.250. The molecule has 4 heteroatoms. The van der Waals surface area contributed by atoms with Crippen LogP contribution in [-0.2, 0) is 6.42 Å². The highest BCUT2D eigenvalue weighted by Gasteiger charge is 2.16. The molecule has 0 aliphatic carbocycles. The Bertz CT molecular complexity index is 586. The first kappa shape index (κ1) is 14.9. The van der Waals surface area contributed by atoms with Crippen LogP contribution in [0.3, 0.4) is 0 Å². The van der Waals surface area contributed by atoms with E-state index in [4.69, 9.17) is 11.6 Å². The van der Waals surface area contributed by atoms with Crippen molar-refractivity contribution in [2.75, 3.05) is 6.54 Å². The normalized spacial score (nSPS) is 12.4. The van der Waals surface area contributed by atoms with Crippen LogP contribution in [0.2, 0.25) is 5.02 Å². The summed E-state index contributed by atoms with van der Waals surface area (Å²) in [5.41, 5.74) is 1.23. The van der Waals surface area contributed by atoms with E-state index < -0.39 is 0 Å².